The maximum absolute atomic E-state index is 12.5. The Kier molecular flexibility index (Phi) is 6.27. The second kappa shape index (κ2) is 9.08. The SMILES string of the molecule is O=C(Nc1ccccc1Cl)N1CCN(c2ccc(-c3ccc(Cl)cc3Cl)nn2)CC1. The van der Waals surface area contributed by atoms with Crippen LogP contribution >= 0.6 is 34.8 Å². The molecule has 2 heterocycles. The molecule has 30 heavy (non-hydrogen) atoms. The Morgan fingerprint density at radius 1 is 0.867 bits per heavy atom. The van der Waals surface area contributed by atoms with Crippen molar-refractivity contribution in [3.8, 4) is 11.3 Å². The van der Waals surface area contributed by atoms with Gasteiger partial charge in [0.1, 0.15) is 0 Å². The van der Waals surface area contributed by atoms with Crippen LogP contribution in [0.3, 0.4) is 0 Å². The van der Waals surface area contributed by atoms with Crippen LogP contribution in [-0.2, 0) is 0 Å². The summed E-state index contributed by atoms with van der Waals surface area (Å²) in [5, 5.41) is 13.1. The first-order chi connectivity index (χ1) is 14.5. The van der Waals surface area contributed by atoms with Crippen LogP contribution in [0.25, 0.3) is 11.3 Å². The molecule has 2 amide bonds. The second-order valence-corrected chi connectivity index (χ2v) is 8.04. The predicted octanol–water partition coefficient (Wildman–Crippen LogP) is 5.46. The lowest BCUT2D eigenvalue weighted by molar-refractivity contribution is 0.208. The maximum atomic E-state index is 12.5. The van der Waals surface area contributed by atoms with Gasteiger partial charge in [0.15, 0.2) is 5.82 Å². The number of amides is 2. The van der Waals surface area contributed by atoms with E-state index in [2.05, 4.69) is 20.4 Å². The van der Waals surface area contributed by atoms with Gasteiger partial charge in [-0.15, -0.1) is 10.2 Å². The van der Waals surface area contributed by atoms with Crippen LogP contribution in [0, 0.1) is 0 Å². The zero-order valence-electron chi connectivity index (χ0n) is 15.9. The van der Waals surface area contributed by atoms with Crippen LogP contribution in [0.5, 0.6) is 0 Å². The number of hydrogen-bond donors (Lipinski definition) is 1. The van der Waals surface area contributed by atoms with E-state index in [0.717, 1.165) is 11.4 Å². The number of benzene rings is 2. The molecular weight excluding hydrogens is 445 g/mol. The topological polar surface area (TPSA) is 61.4 Å². The molecule has 1 aromatic heterocycles. The fourth-order valence-corrected chi connectivity index (χ4v) is 3.92. The normalized spacial score (nSPS) is 14.0. The number of para-hydroxylation sites is 1. The quantitative estimate of drug-likeness (QED) is 0.561. The van der Waals surface area contributed by atoms with E-state index in [0.29, 0.717) is 52.6 Å². The number of urea groups is 1. The Balaban J connectivity index is 1.37. The zero-order chi connectivity index (χ0) is 21.1. The number of hydrogen-bond acceptors (Lipinski definition) is 4. The maximum Gasteiger partial charge on any atom is 0.322 e. The summed E-state index contributed by atoms with van der Waals surface area (Å²) in [4.78, 5) is 16.4. The van der Waals surface area contributed by atoms with Crippen molar-refractivity contribution in [2.75, 3.05) is 36.4 Å². The number of anilines is 2. The Bertz CT molecular complexity index is 1050. The van der Waals surface area contributed by atoms with Gasteiger partial charge in [0.05, 0.1) is 21.4 Å². The minimum Gasteiger partial charge on any atom is -0.352 e. The Morgan fingerprint density at radius 3 is 2.30 bits per heavy atom. The number of halogens is 3. The molecular formula is C21H18Cl3N5O. The predicted molar refractivity (Wildman–Crippen MR) is 122 cm³/mol. The minimum atomic E-state index is -0.165. The van der Waals surface area contributed by atoms with E-state index in [1.807, 2.05) is 30.3 Å². The largest absolute Gasteiger partial charge is 0.352 e. The molecule has 0 aliphatic carbocycles. The smallest absolute Gasteiger partial charge is 0.322 e. The van der Waals surface area contributed by atoms with E-state index in [9.17, 15) is 4.79 Å². The van der Waals surface area contributed by atoms with Crippen molar-refractivity contribution in [3.05, 3.63) is 69.7 Å². The van der Waals surface area contributed by atoms with Crippen molar-refractivity contribution in [2.45, 2.75) is 0 Å². The number of aromatic nitrogens is 2. The number of carbonyl (C=O) groups excluding carboxylic acids is 1. The third-order valence-electron chi connectivity index (χ3n) is 4.86. The van der Waals surface area contributed by atoms with Crippen LogP contribution in [0.15, 0.2) is 54.6 Å². The standard InChI is InChI=1S/C21H18Cl3N5O/c22-14-5-6-15(17(24)13-14)18-7-8-20(27-26-18)28-9-11-29(12-10-28)21(30)25-19-4-2-1-3-16(19)23/h1-8,13H,9-12H2,(H,25,30). The van der Waals surface area contributed by atoms with Crippen LogP contribution in [0.2, 0.25) is 15.1 Å². The molecule has 0 radical (unpaired) electrons. The number of piperazine rings is 1. The molecule has 0 atom stereocenters. The number of nitrogens with zero attached hydrogens (tertiary/aromatic N) is 4. The van der Waals surface area contributed by atoms with Crippen LogP contribution in [0.4, 0.5) is 16.3 Å². The highest BCUT2D eigenvalue weighted by molar-refractivity contribution is 6.36. The Labute approximate surface area is 189 Å². The van der Waals surface area contributed by atoms with Crippen molar-refractivity contribution >= 4 is 52.3 Å². The Hall–Kier alpha value is -2.54. The van der Waals surface area contributed by atoms with Crippen molar-refractivity contribution < 1.29 is 4.79 Å². The molecule has 6 nitrogen and oxygen atoms in total. The molecule has 0 spiro atoms. The van der Waals surface area contributed by atoms with Gasteiger partial charge in [-0.25, -0.2) is 4.79 Å². The van der Waals surface area contributed by atoms with Crippen molar-refractivity contribution in [1.82, 2.24) is 15.1 Å². The van der Waals surface area contributed by atoms with Gasteiger partial charge < -0.3 is 15.1 Å². The van der Waals surface area contributed by atoms with E-state index in [-0.39, 0.29) is 6.03 Å². The summed E-state index contributed by atoms with van der Waals surface area (Å²) >= 11 is 18.3. The first-order valence-electron chi connectivity index (χ1n) is 9.36. The van der Waals surface area contributed by atoms with Crippen LogP contribution in [0.1, 0.15) is 0 Å². The highest BCUT2D eigenvalue weighted by Crippen LogP contribution is 2.29. The van der Waals surface area contributed by atoms with Crippen molar-refractivity contribution in [2.24, 2.45) is 0 Å². The number of nitrogens with one attached hydrogen (secondary N) is 1. The highest BCUT2D eigenvalue weighted by atomic mass is 35.5. The molecule has 3 aromatic rings. The van der Waals surface area contributed by atoms with Crippen molar-refractivity contribution in [3.63, 3.8) is 0 Å². The molecule has 1 fully saturated rings. The van der Waals surface area contributed by atoms with Gasteiger partial charge >= 0.3 is 6.03 Å². The number of carbonyl (C=O) groups is 1. The molecule has 1 aliphatic heterocycles. The molecule has 4 rings (SSSR count). The molecule has 1 saturated heterocycles. The first-order valence-corrected chi connectivity index (χ1v) is 10.5. The van der Waals surface area contributed by atoms with E-state index >= 15 is 0 Å². The van der Waals surface area contributed by atoms with Crippen LogP contribution in [-0.4, -0.2) is 47.3 Å². The van der Waals surface area contributed by atoms with Crippen LogP contribution < -0.4 is 10.2 Å². The van der Waals surface area contributed by atoms with Gasteiger partial charge in [-0.2, -0.15) is 0 Å². The zero-order valence-corrected chi connectivity index (χ0v) is 18.1. The van der Waals surface area contributed by atoms with Gasteiger partial charge in [-0.3, -0.25) is 0 Å². The highest BCUT2D eigenvalue weighted by Gasteiger charge is 2.22. The van der Waals surface area contributed by atoms with Gasteiger partial charge in [0.25, 0.3) is 0 Å². The molecule has 0 saturated carbocycles. The van der Waals surface area contributed by atoms with Gasteiger partial charge in [0.2, 0.25) is 0 Å². The van der Waals surface area contributed by atoms with E-state index in [1.54, 1.807) is 29.2 Å². The van der Waals surface area contributed by atoms with E-state index in [1.165, 1.54) is 0 Å². The average molecular weight is 463 g/mol. The molecule has 0 bridgehead atoms. The summed E-state index contributed by atoms with van der Waals surface area (Å²) in [7, 11) is 0. The monoisotopic (exact) mass is 461 g/mol. The first kappa shape index (κ1) is 20.7. The van der Waals surface area contributed by atoms with Gasteiger partial charge in [-0.05, 0) is 42.5 Å². The second-order valence-electron chi connectivity index (χ2n) is 6.79. The van der Waals surface area contributed by atoms with Gasteiger partial charge in [0, 0.05) is 36.8 Å². The molecule has 2 aromatic carbocycles. The lowest BCUT2D eigenvalue weighted by atomic mass is 10.1. The summed E-state index contributed by atoms with van der Waals surface area (Å²) in [6, 6.07) is 16.1. The summed E-state index contributed by atoms with van der Waals surface area (Å²) in [6.45, 7) is 2.46. The molecule has 1 N–H and O–H groups in total. The van der Waals surface area contributed by atoms with E-state index in [4.69, 9.17) is 34.8 Å². The summed E-state index contributed by atoms with van der Waals surface area (Å²) in [6.07, 6.45) is 0. The lowest BCUT2D eigenvalue weighted by Gasteiger charge is -2.35. The van der Waals surface area contributed by atoms with Crippen molar-refractivity contribution in [1.29, 1.82) is 0 Å². The third-order valence-corrected chi connectivity index (χ3v) is 5.74. The molecule has 0 unspecified atom stereocenters. The minimum absolute atomic E-state index is 0.165. The molecule has 9 heteroatoms. The summed E-state index contributed by atoms with van der Waals surface area (Å²) in [5.41, 5.74) is 2.06. The fraction of sp³-hybridized carbons (Fsp3) is 0.190. The summed E-state index contributed by atoms with van der Waals surface area (Å²) in [5.74, 6) is 0.759. The average Bonchev–Trinajstić information content (AvgIpc) is 2.76. The summed E-state index contributed by atoms with van der Waals surface area (Å²) < 4.78 is 0. The third kappa shape index (κ3) is 4.61. The number of rotatable bonds is 3. The Morgan fingerprint density at radius 2 is 1.63 bits per heavy atom. The van der Waals surface area contributed by atoms with E-state index < -0.39 is 0 Å². The molecule has 154 valence electrons. The molecule has 1 aliphatic rings. The fourth-order valence-electron chi connectivity index (χ4n) is 3.23. The lowest BCUT2D eigenvalue weighted by Crippen LogP contribution is -2.50. The van der Waals surface area contributed by atoms with Gasteiger partial charge in [-0.1, -0.05) is 46.9 Å².